The third-order valence-corrected chi connectivity index (χ3v) is 4.40. The lowest BCUT2D eigenvalue weighted by Gasteiger charge is -2.08. The Morgan fingerprint density at radius 3 is 2.67 bits per heavy atom. The van der Waals surface area contributed by atoms with Gasteiger partial charge in [-0.05, 0) is 29.8 Å². The first-order chi connectivity index (χ1) is 13.1. The summed E-state index contributed by atoms with van der Waals surface area (Å²) in [6, 6.07) is 17.9. The van der Waals surface area contributed by atoms with E-state index in [1.165, 1.54) is 6.07 Å². The number of halogens is 1. The van der Waals surface area contributed by atoms with Crippen molar-refractivity contribution < 1.29 is 9.90 Å². The Balaban J connectivity index is 1.65. The minimum absolute atomic E-state index is 0.103. The van der Waals surface area contributed by atoms with Crippen LogP contribution >= 0.6 is 11.6 Å². The molecule has 0 aliphatic carbocycles. The van der Waals surface area contributed by atoms with Crippen molar-refractivity contribution in [1.29, 1.82) is 0 Å². The molecule has 2 N–H and O–H groups in total. The predicted molar refractivity (Wildman–Crippen MR) is 103 cm³/mol. The molecule has 4 aromatic rings. The van der Waals surface area contributed by atoms with Crippen LogP contribution in [0.3, 0.4) is 0 Å². The second-order valence-corrected chi connectivity index (χ2v) is 6.45. The predicted octanol–water partition coefficient (Wildman–Crippen LogP) is 3.93. The highest BCUT2D eigenvalue weighted by Gasteiger charge is 2.16. The zero-order valence-corrected chi connectivity index (χ0v) is 14.9. The van der Waals surface area contributed by atoms with Gasteiger partial charge in [0.2, 0.25) is 0 Å². The average Bonchev–Trinajstić information content (AvgIpc) is 3.08. The maximum atomic E-state index is 12.7. The number of phenols is 1. The van der Waals surface area contributed by atoms with E-state index in [1.54, 1.807) is 28.7 Å². The van der Waals surface area contributed by atoms with Crippen LogP contribution in [0, 0.1) is 0 Å². The third-order valence-electron chi connectivity index (χ3n) is 4.16. The molecule has 0 aliphatic rings. The third kappa shape index (κ3) is 3.47. The topological polar surface area (TPSA) is 79.5 Å². The van der Waals surface area contributed by atoms with E-state index in [-0.39, 0.29) is 11.4 Å². The first-order valence-corrected chi connectivity index (χ1v) is 8.66. The fourth-order valence-electron chi connectivity index (χ4n) is 2.84. The van der Waals surface area contributed by atoms with Crippen molar-refractivity contribution in [3.05, 3.63) is 88.8 Å². The molecule has 27 heavy (non-hydrogen) atoms. The summed E-state index contributed by atoms with van der Waals surface area (Å²) in [7, 11) is 0. The Hall–Kier alpha value is -3.38. The van der Waals surface area contributed by atoms with Crippen LogP contribution in [0.5, 0.6) is 5.75 Å². The number of nitrogens with zero attached hydrogens (tertiary/aromatic N) is 3. The maximum absolute atomic E-state index is 12.7. The van der Waals surface area contributed by atoms with Gasteiger partial charge in [-0.3, -0.25) is 9.20 Å². The first kappa shape index (κ1) is 17.1. The number of hydrogen-bond donors (Lipinski definition) is 2. The average molecular weight is 379 g/mol. The Morgan fingerprint density at radius 1 is 1.07 bits per heavy atom. The second-order valence-electron chi connectivity index (χ2n) is 6.01. The summed E-state index contributed by atoms with van der Waals surface area (Å²) in [5.41, 5.74) is 2.19. The molecule has 0 bridgehead atoms. The molecule has 7 heteroatoms. The fraction of sp³-hybridized carbons (Fsp3) is 0.0500. The summed E-state index contributed by atoms with van der Waals surface area (Å²) in [5.74, 6) is 0.242. The van der Waals surface area contributed by atoms with E-state index in [1.807, 2.05) is 36.5 Å². The summed E-state index contributed by atoms with van der Waals surface area (Å²) >= 11 is 5.82. The smallest absolute Gasteiger partial charge is 0.259 e. The normalized spacial score (nSPS) is 10.9. The number of pyridine rings is 1. The number of amides is 1. The SMILES string of the molecule is O=C(Nc1ccc(Cl)cc1O)c1cccn2c(Cc3ccccc3)nnc12. The lowest BCUT2D eigenvalue weighted by Crippen LogP contribution is -2.13. The molecule has 6 nitrogen and oxygen atoms in total. The molecule has 0 atom stereocenters. The maximum Gasteiger partial charge on any atom is 0.259 e. The van der Waals surface area contributed by atoms with Crippen molar-refractivity contribution in [1.82, 2.24) is 14.6 Å². The molecule has 0 spiro atoms. The summed E-state index contributed by atoms with van der Waals surface area (Å²) in [6.07, 6.45) is 2.43. The standard InChI is InChI=1S/C20H15ClN4O2/c21-14-8-9-16(17(26)12-14)22-20(27)15-7-4-10-25-18(23-24-19(15)25)11-13-5-2-1-3-6-13/h1-10,12,26H,11H2,(H,22,27). The van der Waals surface area contributed by atoms with Crippen LogP contribution in [0.15, 0.2) is 66.9 Å². The summed E-state index contributed by atoms with van der Waals surface area (Å²) in [5, 5.41) is 21.4. The zero-order chi connectivity index (χ0) is 18.8. The van der Waals surface area contributed by atoms with E-state index in [0.29, 0.717) is 22.7 Å². The van der Waals surface area contributed by atoms with Crippen molar-refractivity contribution in [3.8, 4) is 5.75 Å². The van der Waals surface area contributed by atoms with Gasteiger partial charge in [-0.25, -0.2) is 0 Å². The fourth-order valence-corrected chi connectivity index (χ4v) is 3.01. The quantitative estimate of drug-likeness (QED) is 0.527. The van der Waals surface area contributed by atoms with Crippen molar-refractivity contribution >= 4 is 28.8 Å². The van der Waals surface area contributed by atoms with Gasteiger partial charge in [0.25, 0.3) is 5.91 Å². The van der Waals surface area contributed by atoms with E-state index >= 15 is 0 Å². The van der Waals surface area contributed by atoms with Gasteiger partial charge in [-0.1, -0.05) is 41.9 Å². The van der Waals surface area contributed by atoms with E-state index in [4.69, 9.17) is 11.6 Å². The largest absolute Gasteiger partial charge is 0.506 e. The summed E-state index contributed by atoms with van der Waals surface area (Å²) in [6.45, 7) is 0. The lowest BCUT2D eigenvalue weighted by molar-refractivity contribution is 0.102. The number of carbonyl (C=O) groups is 1. The van der Waals surface area contributed by atoms with Gasteiger partial charge in [0.1, 0.15) is 11.6 Å². The summed E-state index contributed by atoms with van der Waals surface area (Å²) < 4.78 is 1.80. The van der Waals surface area contributed by atoms with E-state index < -0.39 is 5.91 Å². The van der Waals surface area contributed by atoms with Crippen LogP contribution in [0.25, 0.3) is 5.65 Å². The molecular formula is C20H15ClN4O2. The number of rotatable bonds is 4. The molecule has 1 amide bonds. The monoisotopic (exact) mass is 378 g/mol. The van der Waals surface area contributed by atoms with Crippen LogP contribution < -0.4 is 5.32 Å². The number of anilines is 1. The van der Waals surface area contributed by atoms with Gasteiger partial charge in [-0.2, -0.15) is 0 Å². The minimum Gasteiger partial charge on any atom is -0.506 e. The molecule has 0 radical (unpaired) electrons. The van der Waals surface area contributed by atoms with Gasteiger partial charge >= 0.3 is 0 Å². The molecule has 0 aliphatic heterocycles. The molecule has 2 heterocycles. The van der Waals surface area contributed by atoms with Gasteiger partial charge in [0, 0.05) is 23.7 Å². The number of phenolic OH excluding ortho intramolecular Hbond substituents is 1. The van der Waals surface area contributed by atoms with E-state index in [9.17, 15) is 9.90 Å². The van der Waals surface area contributed by atoms with Gasteiger partial charge < -0.3 is 10.4 Å². The number of benzene rings is 2. The Kier molecular flexibility index (Phi) is 4.48. The van der Waals surface area contributed by atoms with Crippen LogP contribution in [0.4, 0.5) is 5.69 Å². The molecule has 134 valence electrons. The zero-order valence-electron chi connectivity index (χ0n) is 14.1. The number of aromatic nitrogens is 3. The van der Waals surface area contributed by atoms with E-state index in [2.05, 4.69) is 15.5 Å². The van der Waals surface area contributed by atoms with Crippen LogP contribution in [-0.2, 0) is 6.42 Å². The van der Waals surface area contributed by atoms with Crippen molar-refractivity contribution in [2.45, 2.75) is 6.42 Å². The highest BCUT2D eigenvalue weighted by atomic mass is 35.5. The van der Waals surface area contributed by atoms with E-state index in [0.717, 1.165) is 11.4 Å². The highest BCUT2D eigenvalue weighted by Crippen LogP contribution is 2.27. The Bertz CT molecular complexity index is 1130. The number of aromatic hydroxyl groups is 1. The number of nitrogens with one attached hydrogen (secondary N) is 1. The van der Waals surface area contributed by atoms with Crippen LogP contribution in [-0.4, -0.2) is 25.6 Å². The second kappa shape index (κ2) is 7.09. The molecule has 2 aromatic carbocycles. The highest BCUT2D eigenvalue weighted by molar-refractivity contribution is 6.30. The molecule has 2 aromatic heterocycles. The Morgan fingerprint density at radius 2 is 1.89 bits per heavy atom. The van der Waals surface area contributed by atoms with Crippen LogP contribution in [0.1, 0.15) is 21.7 Å². The lowest BCUT2D eigenvalue weighted by atomic mass is 10.1. The Labute approximate surface area is 160 Å². The molecule has 0 unspecified atom stereocenters. The minimum atomic E-state index is -0.392. The number of hydrogen-bond acceptors (Lipinski definition) is 4. The van der Waals surface area contributed by atoms with Crippen molar-refractivity contribution in [2.75, 3.05) is 5.32 Å². The molecule has 0 saturated carbocycles. The van der Waals surface area contributed by atoms with Crippen molar-refractivity contribution in [2.24, 2.45) is 0 Å². The van der Waals surface area contributed by atoms with Gasteiger partial charge in [0.15, 0.2) is 5.65 Å². The molecule has 4 rings (SSSR count). The molecule has 0 fully saturated rings. The number of carbonyl (C=O) groups excluding carboxylic acids is 1. The van der Waals surface area contributed by atoms with Gasteiger partial charge in [-0.15, -0.1) is 10.2 Å². The molecular weight excluding hydrogens is 364 g/mol. The number of fused-ring (bicyclic) bond motifs is 1. The first-order valence-electron chi connectivity index (χ1n) is 8.28. The van der Waals surface area contributed by atoms with Crippen molar-refractivity contribution in [3.63, 3.8) is 0 Å². The van der Waals surface area contributed by atoms with Gasteiger partial charge in [0.05, 0.1) is 11.3 Å². The molecule has 0 saturated heterocycles. The summed E-state index contributed by atoms with van der Waals surface area (Å²) in [4.78, 5) is 12.7. The van der Waals surface area contributed by atoms with Crippen LogP contribution in [0.2, 0.25) is 5.02 Å².